The minimum Gasteiger partial charge on any atom is -0.307 e. The van der Waals surface area contributed by atoms with Gasteiger partial charge in [-0.3, -0.25) is 9.78 Å². The van der Waals surface area contributed by atoms with Crippen LogP contribution in [0.15, 0.2) is 29.4 Å². The second kappa shape index (κ2) is 3.70. The van der Waals surface area contributed by atoms with Crippen molar-refractivity contribution >= 4 is 11.7 Å². The van der Waals surface area contributed by atoms with Gasteiger partial charge in [0, 0.05) is 6.20 Å². The highest BCUT2D eigenvalue weighted by Gasteiger charge is 2.42. The van der Waals surface area contributed by atoms with Crippen molar-refractivity contribution in [3.63, 3.8) is 0 Å². The summed E-state index contributed by atoms with van der Waals surface area (Å²) in [5, 5.41) is 2.79. The van der Waals surface area contributed by atoms with E-state index in [1.54, 1.807) is 6.20 Å². The number of aromatic nitrogens is 1. The summed E-state index contributed by atoms with van der Waals surface area (Å²) in [4.78, 5) is 20.5. The Bertz CT molecular complexity index is 439. The predicted molar refractivity (Wildman–Crippen MR) is 62.2 cm³/mol. The number of aliphatic imine (C=N–C) groups is 1. The molecule has 1 N–H and O–H groups in total. The van der Waals surface area contributed by atoms with Crippen molar-refractivity contribution in [2.24, 2.45) is 10.9 Å². The summed E-state index contributed by atoms with van der Waals surface area (Å²) in [5.41, 5.74) is 0.0348. The van der Waals surface area contributed by atoms with Crippen molar-refractivity contribution < 1.29 is 4.79 Å². The molecule has 0 spiro atoms. The number of pyridine rings is 1. The van der Waals surface area contributed by atoms with Crippen molar-refractivity contribution in [2.45, 2.75) is 26.3 Å². The summed E-state index contributed by atoms with van der Waals surface area (Å²) in [6.45, 7) is 5.83. The summed E-state index contributed by atoms with van der Waals surface area (Å²) >= 11 is 0. The number of rotatable bonds is 2. The fraction of sp³-hybridized carbons (Fsp3) is 0.417. The molecule has 2 rings (SSSR count). The summed E-state index contributed by atoms with van der Waals surface area (Å²) in [6, 6.07) is 5.55. The maximum absolute atomic E-state index is 11.9. The molecule has 1 aliphatic heterocycles. The topological polar surface area (TPSA) is 54.4 Å². The molecule has 0 radical (unpaired) electrons. The molecule has 4 heteroatoms. The van der Waals surface area contributed by atoms with Crippen LogP contribution in [-0.2, 0) is 4.79 Å². The zero-order valence-electron chi connectivity index (χ0n) is 9.69. The third kappa shape index (κ3) is 1.60. The Labute approximate surface area is 94.8 Å². The normalized spacial score (nSPS) is 24.5. The van der Waals surface area contributed by atoms with Crippen LogP contribution in [0.4, 0.5) is 0 Å². The molecule has 1 unspecified atom stereocenters. The van der Waals surface area contributed by atoms with Crippen LogP contribution in [-0.4, -0.2) is 22.3 Å². The van der Waals surface area contributed by atoms with E-state index in [1.807, 2.05) is 39.0 Å². The molecule has 0 bridgehead atoms. The van der Waals surface area contributed by atoms with Gasteiger partial charge >= 0.3 is 0 Å². The van der Waals surface area contributed by atoms with E-state index in [1.165, 1.54) is 0 Å². The number of carbonyl (C=O) groups excluding carboxylic acids is 1. The van der Waals surface area contributed by atoms with Crippen molar-refractivity contribution in [3.05, 3.63) is 30.1 Å². The van der Waals surface area contributed by atoms with E-state index in [-0.39, 0.29) is 11.8 Å². The summed E-state index contributed by atoms with van der Waals surface area (Å²) in [5.74, 6) is 0.679. The number of nitrogens with zero attached hydrogens (tertiary/aromatic N) is 2. The monoisotopic (exact) mass is 217 g/mol. The fourth-order valence-electron chi connectivity index (χ4n) is 1.56. The van der Waals surface area contributed by atoms with Gasteiger partial charge in [-0.15, -0.1) is 0 Å². The van der Waals surface area contributed by atoms with Crippen LogP contribution < -0.4 is 5.32 Å². The lowest BCUT2D eigenvalue weighted by Gasteiger charge is -2.21. The first-order valence-corrected chi connectivity index (χ1v) is 5.37. The molecule has 1 atom stereocenters. The third-order valence-electron chi connectivity index (χ3n) is 3.07. The Morgan fingerprint density at radius 1 is 1.38 bits per heavy atom. The second-order valence-corrected chi connectivity index (χ2v) is 4.43. The molecule has 0 aromatic carbocycles. The minimum atomic E-state index is -0.674. The quantitative estimate of drug-likeness (QED) is 0.813. The average molecular weight is 217 g/mol. The van der Waals surface area contributed by atoms with Gasteiger partial charge in [-0.25, -0.2) is 4.99 Å². The molecule has 0 saturated carbocycles. The van der Waals surface area contributed by atoms with E-state index in [9.17, 15) is 4.79 Å². The van der Waals surface area contributed by atoms with E-state index in [0.29, 0.717) is 11.5 Å². The first-order chi connectivity index (χ1) is 7.54. The average Bonchev–Trinajstić information content (AvgIpc) is 2.58. The molecular formula is C12H15N3O. The molecule has 1 aliphatic rings. The van der Waals surface area contributed by atoms with Crippen molar-refractivity contribution in [2.75, 3.05) is 0 Å². The molecule has 0 aliphatic carbocycles. The van der Waals surface area contributed by atoms with Crippen molar-refractivity contribution in [1.29, 1.82) is 0 Å². The molecule has 1 amide bonds. The van der Waals surface area contributed by atoms with Gasteiger partial charge in [0.15, 0.2) is 5.84 Å². The Hall–Kier alpha value is -1.71. The molecule has 0 saturated heterocycles. The van der Waals surface area contributed by atoms with Crippen LogP contribution in [0.5, 0.6) is 0 Å². The third-order valence-corrected chi connectivity index (χ3v) is 3.07. The zero-order valence-corrected chi connectivity index (χ0v) is 9.69. The number of carbonyl (C=O) groups is 1. The second-order valence-electron chi connectivity index (χ2n) is 4.43. The Morgan fingerprint density at radius 2 is 2.12 bits per heavy atom. The van der Waals surface area contributed by atoms with Crippen LogP contribution in [0.2, 0.25) is 0 Å². The van der Waals surface area contributed by atoms with Crippen LogP contribution >= 0.6 is 0 Å². The molecule has 2 heterocycles. The van der Waals surface area contributed by atoms with Gasteiger partial charge in [-0.2, -0.15) is 0 Å². The smallest absolute Gasteiger partial charge is 0.253 e. The molecule has 1 aromatic heterocycles. The van der Waals surface area contributed by atoms with Crippen molar-refractivity contribution in [3.8, 4) is 0 Å². The molecule has 16 heavy (non-hydrogen) atoms. The Morgan fingerprint density at radius 3 is 2.62 bits per heavy atom. The van der Waals surface area contributed by atoms with Gasteiger partial charge < -0.3 is 5.32 Å². The minimum absolute atomic E-state index is 0.0526. The van der Waals surface area contributed by atoms with Gasteiger partial charge in [0.2, 0.25) is 0 Å². The highest BCUT2D eigenvalue weighted by Crippen LogP contribution is 2.26. The van der Waals surface area contributed by atoms with Crippen LogP contribution in [0.3, 0.4) is 0 Å². The van der Waals surface area contributed by atoms with Gasteiger partial charge in [-0.05, 0) is 25.0 Å². The van der Waals surface area contributed by atoms with Crippen LogP contribution in [0, 0.1) is 5.92 Å². The molecule has 84 valence electrons. The lowest BCUT2D eigenvalue weighted by molar-refractivity contribution is -0.124. The first-order valence-electron chi connectivity index (χ1n) is 5.37. The molecule has 4 nitrogen and oxygen atoms in total. The molecule has 0 fully saturated rings. The van der Waals surface area contributed by atoms with E-state index in [4.69, 9.17) is 0 Å². The lowest BCUT2D eigenvalue weighted by Crippen LogP contribution is -2.41. The standard InChI is InChI=1S/C12H15N3O/c1-8(2)12(3)11(16)14-10(15-12)9-6-4-5-7-13-9/h4-8H,1-3H3,(H,14,15,16). The first kappa shape index (κ1) is 10.8. The Balaban J connectivity index is 2.37. The fourth-order valence-corrected chi connectivity index (χ4v) is 1.56. The number of amidine groups is 1. The van der Waals surface area contributed by atoms with Crippen LogP contribution in [0.1, 0.15) is 26.5 Å². The number of hydrogen-bond acceptors (Lipinski definition) is 3. The van der Waals surface area contributed by atoms with Gasteiger partial charge in [0.1, 0.15) is 11.2 Å². The number of amides is 1. The highest BCUT2D eigenvalue weighted by molar-refractivity contribution is 6.14. The van der Waals surface area contributed by atoms with E-state index in [0.717, 1.165) is 0 Å². The SMILES string of the molecule is CC(C)C1(C)N=C(c2ccccn2)NC1=O. The maximum atomic E-state index is 11.9. The van der Waals surface area contributed by atoms with Gasteiger partial charge in [0.05, 0.1) is 0 Å². The van der Waals surface area contributed by atoms with E-state index >= 15 is 0 Å². The summed E-state index contributed by atoms with van der Waals surface area (Å²) in [7, 11) is 0. The molecular weight excluding hydrogens is 202 g/mol. The highest BCUT2D eigenvalue weighted by atomic mass is 16.2. The van der Waals surface area contributed by atoms with Gasteiger partial charge in [0.25, 0.3) is 5.91 Å². The zero-order chi connectivity index (χ0) is 11.8. The van der Waals surface area contributed by atoms with E-state index in [2.05, 4.69) is 15.3 Å². The van der Waals surface area contributed by atoms with Crippen molar-refractivity contribution in [1.82, 2.24) is 10.3 Å². The predicted octanol–water partition coefficient (Wildman–Crippen LogP) is 1.37. The lowest BCUT2D eigenvalue weighted by atomic mass is 9.89. The van der Waals surface area contributed by atoms with E-state index < -0.39 is 5.54 Å². The number of nitrogens with one attached hydrogen (secondary N) is 1. The molecule has 1 aromatic rings. The largest absolute Gasteiger partial charge is 0.307 e. The number of hydrogen-bond donors (Lipinski definition) is 1. The van der Waals surface area contributed by atoms with Crippen LogP contribution in [0.25, 0.3) is 0 Å². The van der Waals surface area contributed by atoms with Gasteiger partial charge in [-0.1, -0.05) is 19.9 Å². The summed E-state index contributed by atoms with van der Waals surface area (Å²) < 4.78 is 0. The Kier molecular flexibility index (Phi) is 2.50. The maximum Gasteiger partial charge on any atom is 0.253 e. The summed E-state index contributed by atoms with van der Waals surface area (Å²) in [6.07, 6.45) is 1.69.